The van der Waals surface area contributed by atoms with Gasteiger partial charge in [-0.15, -0.1) is 0 Å². The third kappa shape index (κ3) is 24.8. The standard InChI is InChI=1S/C42H82NO12P/c1-3-5-7-9-11-13-15-16-17-18-19-20-21-23-25-27-29-33(44)31-36(46)43-34(35(45)30-28-26-24-22-14-12-10-8-6-4-2)32-54-56(52,53)55-42-40(50)38(48)37(47)39(49)41(42)51/h19-20,33-35,37-42,44-45,47-51H,3-18,21-32H2,1-2H3,(H,43,46)(H,52,53)/b20-19-. The molecule has 332 valence electrons. The Bertz CT molecular complexity index is 1020. The van der Waals surface area contributed by atoms with Gasteiger partial charge in [0.15, 0.2) is 0 Å². The van der Waals surface area contributed by atoms with E-state index >= 15 is 0 Å². The van der Waals surface area contributed by atoms with E-state index in [9.17, 15) is 50.0 Å². The Kier molecular flexibility index (Phi) is 31.1. The minimum atomic E-state index is -5.11. The maximum Gasteiger partial charge on any atom is 0.472 e. The average molecular weight is 824 g/mol. The molecule has 1 fully saturated rings. The van der Waals surface area contributed by atoms with Crippen LogP contribution in [0.1, 0.15) is 187 Å². The number of phosphoric ester groups is 1. The van der Waals surface area contributed by atoms with Gasteiger partial charge in [0.25, 0.3) is 0 Å². The highest BCUT2D eigenvalue weighted by atomic mass is 31.2. The molecule has 1 rings (SSSR count). The van der Waals surface area contributed by atoms with Crippen LogP contribution in [0.4, 0.5) is 0 Å². The molecule has 13 nitrogen and oxygen atoms in total. The van der Waals surface area contributed by atoms with Crippen molar-refractivity contribution in [2.75, 3.05) is 6.61 Å². The van der Waals surface area contributed by atoms with Gasteiger partial charge >= 0.3 is 7.82 Å². The fraction of sp³-hybridized carbons (Fsp3) is 0.929. The number of hydrogen-bond acceptors (Lipinski definition) is 11. The molecule has 1 saturated carbocycles. The van der Waals surface area contributed by atoms with E-state index in [1.807, 2.05) is 0 Å². The van der Waals surface area contributed by atoms with Gasteiger partial charge in [0, 0.05) is 0 Å². The fourth-order valence-corrected chi connectivity index (χ4v) is 8.15. The lowest BCUT2D eigenvalue weighted by Gasteiger charge is -2.41. The molecule has 56 heavy (non-hydrogen) atoms. The summed E-state index contributed by atoms with van der Waals surface area (Å²) < 4.78 is 22.8. The van der Waals surface area contributed by atoms with Crippen LogP contribution in [-0.2, 0) is 18.4 Å². The summed E-state index contributed by atoms with van der Waals surface area (Å²) in [4.78, 5) is 23.4. The van der Waals surface area contributed by atoms with Crippen molar-refractivity contribution >= 4 is 13.7 Å². The maximum absolute atomic E-state index is 13.0. The Morgan fingerprint density at radius 3 is 1.48 bits per heavy atom. The zero-order chi connectivity index (χ0) is 41.6. The van der Waals surface area contributed by atoms with Crippen LogP contribution in [0, 0.1) is 0 Å². The Hall–Kier alpha value is -0.960. The molecule has 0 saturated heterocycles. The number of aliphatic hydroxyl groups is 7. The zero-order valence-corrected chi connectivity index (χ0v) is 35.7. The van der Waals surface area contributed by atoms with Gasteiger partial charge in [0.1, 0.15) is 36.6 Å². The molecule has 14 heteroatoms. The number of aliphatic hydroxyl groups excluding tert-OH is 7. The minimum Gasteiger partial charge on any atom is -0.393 e. The molecule has 1 aliphatic rings. The van der Waals surface area contributed by atoms with Crippen LogP contribution in [0.15, 0.2) is 12.2 Å². The molecular weight excluding hydrogens is 741 g/mol. The number of amides is 1. The lowest BCUT2D eigenvalue weighted by atomic mass is 9.85. The molecule has 0 heterocycles. The molecule has 1 aliphatic carbocycles. The van der Waals surface area contributed by atoms with Gasteiger partial charge in [-0.25, -0.2) is 4.57 Å². The highest BCUT2D eigenvalue weighted by Gasteiger charge is 2.51. The minimum absolute atomic E-state index is 0.230. The van der Waals surface area contributed by atoms with Gasteiger partial charge in [-0.3, -0.25) is 13.8 Å². The quantitative estimate of drug-likeness (QED) is 0.0184. The molecule has 0 radical (unpaired) electrons. The summed E-state index contributed by atoms with van der Waals surface area (Å²) >= 11 is 0. The molecule has 0 aromatic heterocycles. The zero-order valence-electron chi connectivity index (χ0n) is 34.8. The third-order valence-corrected chi connectivity index (χ3v) is 11.9. The monoisotopic (exact) mass is 824 g/mol. The number of hydrogen-bond donors (Lipinski definition) is 9. The summed E-state index contributed by atoms with van der Waals surface area (Å²) in [6.45, 7) is 3.75. The number of rotatable bonds is 36. The predicted molar refractivity (Wildman–Crippen MR) is 220 cm³/mol. The van der Waals surface area contributed by atoms with Crippen LogP contribution < -0.4 is 5.32 Å². The van der Waals surface area contributed by atoms with Crippen molar-refractivity contribution in [3.8, 4) is 0 Å². The van der Waals surface area contributed by atoms with Crippen LogP contribution in [0.25, 0.3) is 0 Å². The van der Waals surface area contributed by atoms with Crippen LogP contribution in [0.3, 0.4) is 0 Å². The van der Waals surface area contributed by atoms with Crippen molar-refractivity contribution in [3.63, 3.8) is 0 Å². The van der Waals surface area contributed by atoms with Gasteiger partial charge in [-0.05, 0) is 38.5 Å². The lowest BCUT2D eigenvalue weighted by molar-refractivity contribution is -0.220. The SMILES string of the molecule is CCCCCCCCCCC/C=C\CCCCCC(O)CC(=O)NC(COP(=O)(O)OC1C(O)C(O)C(O)C(O)C1O)C(O)CCCCCCCCCCCC. The molecule has 0 aromatic carbocycles. The van der Waals surface area contributed by atoms with E-state index in [0.29, 0.717) is 12.8 Å². The normalized spacial score (nSPS) is 24.2. The van der Waals surface area contributed by atoms with E-state index in [-0.39, 0.29) is 12.8 Å². The first-order chi connectivity index (χ1) is 26.8. The Labute approximate surface area is 338 Å². The molecule has 0 bridgehead atoms. The van der Waals surface area contributed by atoms with Gasteiger partial charge in [-0.1, -0.05) is 154 Å². The predicted octanol–water partition coefficient (Wildman–Crippen LogP) is 6.64. The highest BCUT2D eigenvalue weighted by Crippen LogP contribution is 2.47. The first-order valence-corrected chi connectivity index (χ1v) is 23.7. The van der Waals surface area contributed by atoms with E-state index in [1.54, 1.807) is 0 Å². The van der Waals surface area contributed by atoms with Gasteiger partial charge in [-0.2, -0.15) is 0 Å². The molecule has 0 aromatic rings. The average Bonchev–Trinajstić information content (AvgIpc) is 3.17. The molecule has 0 spiro atoms. The first kappa shape index (κ1) is 53.1. The Morgan fingerprint density at radius 1 is 0.607 bits per heavy atom. The van der Waals surface area contributed by atoms with Crippen molar-refractivity contribution in [3.05, 3.63) is 12.2 Å². The van der Waals surface area contributed by atoms with Crippen LogP contribution in [0.2, 0.25) is 0 Å². The molecule has 8 unspecified atom stereocenters. The summed E-state index contributed by atoms with van der Waals surface area (Å²) in [7, 11) is -5.11. The second-order valence-corrected chi connectivity index (χ2v) is 17.5. The number of carbonyl (C=O) groups is 1. The van der Waals surface area contributed by atoms with E-state index in [2.05, 4.69) is 31.3 Å². The first-order valence-electron chi connectivity index (χ1n) is 22.2. The number of allylic oxidation sites excluding steroid dienone is 2. The number of nitrogens with one attached hydrogen (secondary N) is 1. The number of carbonyl (C=O) groups excluding carboxylic acids is 1. The van der Waals surface area contributed by atoms with Gasteiger partial charge in [0.2, 0.25) is 5.91 Å². The molecule has 9 N–H and O–H groups in total. The smallest absolute Gasteiger partial charge is 0.393 e. The van der Waals surface area contributed by atoms with E-state index in [4.69, 9.17) is 9.05 Å². The number of unbranched alkanes of at least 4 members (excludes halogenated alkanes) is 21. The summed E-state index contributed by atoms with van der Waals surface area (Å²) in [6, 6.07) is -1.15. The number of phosphoric acid groups is 1. The summed E-state index contributed by atoms with van der Waals surface area (Å²) in [5.74, 6) is -0.570. The van der Waals surface area contributed by atoms with Crippen molar-refractivity contribution in [2.45, 2.75) is 242 Å². The van der Waals surface area contributed by atoms with Crippen LogP contribution in [0.5, 0.6) is 0 Å². The van der Waals surface area contributed by atoms with Gasteiger partial charge in [0.05, 0.1) is 31.3 Å². The molecule has 8 atom stereocenters. The highest BCUT2D eigenvalue weighted by molar-refractivity contribution is 7.47. The summed E-state index contributed by atoms with van der Waals surface area (Å²) in [5.41, 5.74) is 0. The maximum atomic E-state index is 13.0. The third-order valence-electron chi connectivity index (χ3n) is 10.9. The lowest BCUT2D eigenvalue weighted by Crippen LogP contribution is -2.64. The largest absolute Gasteiger partial charge is 0.472 e. The Morgan fingerprint density at radius 2 is 1.00 bits per heavy atom. The van der Waals surface area contributed by atoms with Crippen molar-refractivity contribution in [1.82, 2.24) is 5.32 Å². The van der Waals surface area contributed by atoms with E-state index in [0.717, 1.165) is 57.8 Å². The van der Waals surface area contributed by atoms with Gasteiger partial charge < -0.3 is 46.0 Å². The van der Waals surface area contributed by atoms with Crippen LogP contribution in [-0.4, -0.2) is 108 Å². The van der Waals surface area contributed by atoms with E-state index < -0.39 is 75.2 Å². The summed E-state index contributed by atoms with van der Waals surface area (Å²) in [5, 5.41) is 74.4. The topological polar surface area (TPSA) is 226 Å². The van der Waals surface area contributed by atoms with Crippen molar-refractivity contribution < 1.29 is 59.0 Å². The molecule has 1 amide bonds. The summed E-state index contributed by atoms with van der Waals surface area (Å²) in [6.07, 6.45) is 18.5. The van der Waals surface area contributed by atoms with E-state index in [1.165, 1.54) is 89.9 Å². The second kappa shape index (κ2) is 32.8. The van der Waals surface area contributed by atoms with Crippen molar-refractivity contribution in [2.24, 2.45) is 0 Å². The van der Waals surface area contributed by atoms with Crippen molar-refractivity contribution in [1.29, 1.82) is 0 Å². The Balaban J connectivity index is 2.52. The molecule has 0 aliphatic heterocycles. The fourth-order valence-electron chi connectivity index (χ4n) is 7.18. The van der Waals surface area contributed by atoms with Crippen LogP contribution >= 0.6 is 7.82 Å². The second-order valence-electron chi connectivity index (χ2n) is 16.1. The molecular formula is C42H82NO12P.